The summed E-state index contributed by atoms with van der Waals surface area (Å²) in [6.45, 7) is 10.2. The predicted octanol–water partition coefficient (Wildman–Crippen LogP) is 1.99. The van der Waals surface area contributed by atoms with E-state index in [2.05, 4.69) is 27.7 Å². The van der Waals surface area contributed by atoms with Crippen LogP contribution in [0.15, 0.2) is 0 Å². The molecule has 0 aliphatic heterocycles. The van der Waals surface area contributed by atoms with Gasteiger partial charge in [0.1, 0.15) is 5.84 Å². The van der Waals surface area contributed by atoms with Crippen LogP contribution in [0.3, 0.4) is 0 Å². The van der Waals surface area contributed by atoms with E-state index >= 15 is 0 Å². The molecule has 0 heterocycles. The van der Waals surface area contributed by atoms with Gasteiger partial charge in [-0.3, -0.25) is 5.41 Å². The van der Waals surface area contributed by atoms with Crippen molar-refractivity contribution in [3.05, 3.63) is 0 Å². The summed E-state index contributed by atoms with van der Waals surface area (Å²) in [5.41, 5.74) is -0.143. The molecule has 1 N–H and O–H groups in total. The first kappa shape index (κ1) is 15.4. The van der Waals surface area contributed by atoms with Gasteiger partial charge in [0.15, 0.2) is 0 Å². The third-order valence-electron chi connectivity index (χ3n) is 2.47. The van der Waals surface area contributed by atoms with Crippen LogP contribution in [0.1, 0.15) is 27.7 Å². The minimum absolute atomic E-state index is 0.143. The molecule has 0 aromatic heterocycles. The summed E-state index contributed by atoms with van der Waals surface area (Å²) in [7, 11) is 3.37. The second kappa shape index (κ2) is 6.86. The van der Waals surface area contributed by atoms with Gasteiger partial charge in [0.25, 0.3) is 0 Å². The lowest BCUT2D eigenvalue weighted by Crippen LogP contribution is -2.47. The zero-order chi connectivity index (χ0) is 12.8. The Hall–Kier alpha value is -0.610. The van der Waals surface area contributed by atoms with Crippen molar-refractivity contribution in [3.8, 4) is 0 Å². The van der Waals surface area contributed by atoms with E-state index < -0.39 is 0 Å². The molecule has 0 fully saturated rings. The summed E-state index contributed by atoms with van der Waals surface area (Å²) in [6, 6.07) is 0.201. The number of rotatable bonds is 6. The summed E-state index contributed by atoms with van der Waals surface area (Å²) >= 11 is 0. The Balaban J connectivity index is 4.59. The Morgan fingerprint density at radius 3 is 2.19 bits per heavy atom. The van der Waals surface area contributed by atoms with Crippen molar-refractivity contribution < 1.29 is 9.47 Å². The molecule has 0 bridgehead atoms. The van der Waals surface area contributed by atoms with E-state index in [1.165, 1.54) is 0 Å². The highest BCUT2D eigenvalue weighted by Gasteiger charge is 2.26. The Morgan fingerprint density at radius 1 is 1.25 bits per heavy atom. The molecule has 0 amide bonds. The van der Waals surface area contributed by atoms with Crippen molar-refractivity contribution in [2.75, 3.05) is 34.0 Å². The van der Waals surface area contributed by atoms with E-state index in [0.29, 0.717) is 19.0 Å². The Bertz CT molecular complexity index is 212. The second-order valence-corrected chi connectivity index (χ2v) is 5.09. The molecule has 0 aromatic rings. The second-order valence-electron chi connectivity index (χ2n) is 5.09. The molecule has 96 valence electrons. The number of hydrogen-bond donors (Lipinski definition) is 1. The first-order valence-electron chi connectivity index (χ1n) is 5.68. The van der Waals surface area contributed by atoms with E-state index in [-0.39, 0.29) is 11.5 Å². The molecule has 0 saturated heterocycles. The van der Waals surface area contributed by atoms with Gasteiger partial charge in [0, 0.05) is 26.2 Å². The third-order valence-corrected chi connectivity index (χ3v) is 2.47. The smallest absolute Gasteiger partial charge is 0.102 e. The fraction of sp³-hybridized carbons (Fsp3) is 0.917. The van der Waals surface area contributed by atoms with Gasteiger partial charge in [-0.1, -0.05) is 20.8 Å². The molecule has 0 aromatic carbocycles. The molecule has 0 aliphatic carbocycles. The zero-order valence-corrected chi connectivity index (χ0v) is 11.5. The fourth-order valence-corrected chi connectivity index (χ4v) is 1.50. The maximum absolute atomic E-state index is 8.20. The van der Waals surface area contributed by atoms with Crippen LogP contribution in [0, 0.1) is 10.8 Å². The minimum Gasteiger partial charge on any atom is -0.383 e. The van der Waals surface area contributed by atoms with Crippen LogP contribution >= 0.6 is 0 Å². The van der Waals surface area contributed by atoms with Crippen molar-refractivity contribution >= 4 is 5.84 Å². The van der Waals surface area contributed by atoms with Gasteiger partial charge in [-0.25, -0.2) is 0 Å². The molecule has 1 unspecified atom stereocenters. The van der Waals surface area contributed by atoms with E-state index in [9.17, 15) is 0 Å². The van der Waals surface area contributed by atoms with Crippen molar-refractivity contribution in [2.45, 2.75) is 33.7 Å². The Labute approximate surface area is 99.4 Å². The molecule has 4 nitrogen and oxygen atoms in total. The maximum atomic E-state index is 8.20. The molecular weight excluding hydrogens is 204 g/mol. The molecule has 4 heteroatoms. The number of nitrogens with one attached hydrogen (secondary N) is 1. The molecule has 1 atom stereocenters. The van der Waals surface area contributed by atoms with Gasteiger partial charge in [0.2, 0.25) is 0 Å². The predicted molar refractivity (Wildman–Crippen MR) is 67.1 cm³/mol. The number of amidine groups is 1. The van der Waals surface area contributed by atoms with Gasteiger partial charge >= 0.3 is 0 Å². The molecule has 0 radical (unpaired) electrons. The molecule has 0 rings (SSSR count). The lowest BCUT2D eigenvalue weighted by atomic mass is 9.93. The van der Waals surface area contributed by atoms with Crippen molar-refractivity contribution in [1.82, 2.24) is 4.90 Å². The highest BCUT2D eigenvalue weighted by Crippen LogP contribution is 2.19. The molecule has 0 spiro atoms. The third kappa shape index (κ3) is 4.94. The fourth-order valence-electron chi connectivity index (χ4n) is 1.50. The average Bonchev–Trinajstić information content (AvgIpc) is 2.17. The lowest BCUT2D eigenvalue weighted by Gasteiger charge is -2.36. The van der Waals surface area contributed by atoms with Gasteiger partial charge in [-0.2, -0.15) is 0 Å². The van der Waals surface area contributed by atoms with Crippen LogP contribution in [0.4, 0.5) is 0 Å². The maximum Gasteiger partial charge on any atom is 0.102 e. The van der Waals surface area contributed by atoms with Gasteiger partial charge < -0.3 is 14.4 Å². The number of ether oxygens (including phenoxy) is 2. The van der Waals surface area contributed by atoms with Crippen LogP contribution < -0.4 is 0 Å². The Morgan fingerprint density at radius 2 is 1.81 bits per heavy atom. The summed E-state index contributed by atoms with van der Waals surface area (Å²) in [4.78, 5) is 2.05. The quantitative estimate of drug-likeness (QED) is 0.560. The lowest BCUT2D eigenvalue weighted by molar-refractivity contribution is 0.108. The van der Waals surface area contributed by atoms with Crippen LogP contribution in [-0.4, -0.2) is 50.8 Å². The highest BCUT2D eigenvalue weighted by molar-refractivity contribution is 5.84. The minimum atomic E-state index is -0.143. The molecular formula is C12H26N2O2. The van der Waals surface area contributed by atoms with Gasteiger partial charge in [0.05, 0.1) is 19.3 Å². The van der Waals surface area contributed by atoms with E-state index in [0.717, 1.165) is 6.54 Å². The summed E-state index contributed by atoms with van der Waals surface area (Å²) in [5, 5.41) is 8.20. The number of methoxy groups -OCH3 is 2. The van der Waals surface area contributed by atoms with Gasteiger partial charge in [-0.05, 0) is 6.92 Å². The molecule has 16 heavy (non-hydrogen) atoms. The zero-order valence-electron chi connectivity index (χ0n) is 11.5. The summed E-state index contributed by atoms with van der Waals surface area (Å²) in [6.07, 6.45) is 0. The normalized spacial score (nSPS) is 13.6. The Kier molecular flexibility index (Phi) is 6.60. The monoisotopic (exact) mass is 230 g/mol. The van der Waals surface area contributed by atoms with E-state index in [1.54, 1.807) is 14.2 Å². The topological polar surface area (TPSA) is 45.5 Å². The standard InChI is InChI=1S/C12H26N2O2/c1-10(9-16-6)14(7-8-15-5)11(13)12(2,3)4/h10,13H,7-9H2,1-6H3. The number of hydrogen-bond acceptors (Lipinski definition) is 3. The van der Waals surface area contributed by atoms with Crippen LogP contribution in [-0.2, 0) is 9.47 Å². The van der Waals surface area contributed by atoms with Crippen molar-refractivity contribution in [3.63, 3.8) is 0 Å². The SMILES string of the molecule is COCCN(C(=N)C(C)(C)C)C(C)COC. The average molecular weight is 230 g/mol. The first-order chi connectivity index (χ1) is 7.34. The van der Waals surface area contributed by atoms with E-state index in [1.807, 2.05) is 4.90 Å². The molecule has 0 saturated carbocycles. The van der Waals surface area contributed by atoms with Crippen LogP contribution in [0.25, 0.3) is 0 Å². The van der Waals surface area contributed by atoms with Crippen LogP contribution in [0.2, 0.25) is 0 Å². The summed E-state index contributed by atoms with van der Waals surface area (Å²) < 4.78 is 10.2. The van der Waals surface area contributed by atoms with E-state index in [4.69, 9.17) is 14.9 Å². The van der Waals surface area contributed by atoms with Crippen molar-refractivity contribution in [2.24, 2.45) is 5.41 Å². The van der Waals surface area contributed by atoms with Crippen LogP contribution in [0.5, 0.6) is 0 Å². The number of nitrogens with zero attached hydrogens (tertiary/aromatic N) is 1. The van der Waals surface area contributed by atoms with Crippen molar-refractivity contribution in [1.29, 1.82) is 5.41 Å². The summed E-state index contributed by atoms with van der Waals surface area (Å²) in [5.74, 6) is 0.633. The molecule has 0 aliphatic rings. The highest BCUT2D eigenvalue weighted by atomic mass is 16.5. The van der Waals surface area contributed by atoms with Gasteiger partial charge in [-0.15, -0.1) is 0 Å². The first-order valence-corrected chi connectivity index (χ1v) is 5.68. The largest absolute Gasteiger partial charge is 0.383 e.